The summed E-state index contributed by atoms with van der Waals surface area (Å²) in [5.41, 5.74) is 17.0. The fourth-order valence-corrected chi connectivity index (χ4v) is 6.64. The van der Waals surface area contributed by atoms with Gasteiger partial charge in [0.25, 0.3) is 5.91 Å². The zero-order valence-corrected chi connectivity index (χ0v) is 17.6. The largest absolute Gasteiger partial charge is 0.333 e. The summed E-state index contributed by atoms with van der Waals surface area (Å²) in [6.07, 6.45) is 13.9. The summed E-state index contributed by atoms with van der Waals surface area (Å²) < 4.78 is 0. The lowest BCUT2D eigenvalue weighted by Gasteiger charge is -2.64. The molecule has 0 spiro atoms. The molecule has 29 heavy (non-hydrogen) atoms. The van der Waals surface area contributed by atoms with Crippen molar-refractivity contribution in [3.63, 3.8) is 0 Å². The molecular formula is C22H36N6O. The third-order valence-electron chi connectivity index (χ3n) is 8.23. The number of likely N-dealkylation sites (N-methyl/N-ethyl adjacent to an activating group) is 1. The first-order valence-corrected chi connectivity index (χ1v) is 11.5. The third-order valence-corrected chi connectivity index (χ3v) is 8.23. The SMILES string of the molecule is CN(NC1=CCC2[C@H]3CCCN4CCC[C@@H](CN2C1=O)[C@@]34N)C1C=CC(N)CC1. The Kier molecular flexibility index (Phi) is 4.97. The van der Waals surface area contributed by atoms with E-state index in [-0.39, 0.29) is 29.7 Å². The lowest BCUT2D eigenvalue weighted by molar-refractivity contribution is -0.163. The molecule has 0 aromatic carbocycles. The number of rotatable bonds is 3. The monoisotopic (exact) mass is 400 g/mol. The van der Waals surface area contributed by atoms with Crippen molar-refractivity contribution >= 4 is 5.91 Å². The van der Waals surface area contributed by atoms with Gasteiger partial charge >= 0.3 is 0 Å². The molecule has 0 saturated carbocycles. The van der Waals surface area contributed by atoms with Crippen LogP contribution in [0.1, 0.15) is 44.9 Å². The molecule has 1 aliphatic carbocycles. The first kappa shape index (κ1) is 19.5. The average Bonchev–Trinajstić information content (AvgIpc) is 2.71. The maximum Gasteiger partial charge on any atom is 0.271 e. The molecule has 3 saturated heterocycles. The Hall–Kier alpha value is -1.41. The second kappa shape index (κ2) is 7.38. The molecule has 1 amide bonds. The number of piperidine rings is 3. The summed E-state index contributed by atoms with van der Waals surface area (Å²) in [7, 11) is 2.02. The quantitative estimate of drug-likeness (QED) is 0.478. The van der Waals surface area contributed by atoms with Crippen molar-refractivity contribution in [2.24, 2.45) is 23.3 Å². The van der Waals surface area contributed by atoms with Crippen molar-refractivity contribution in [2.75, 3.05) is 26.7 Å². The molecule has 0 aromatic heterocycles. The molecule has 3 unspecified atom stereocenters. The Morgan fingerprint density at radius 3 is 2.72 bits per heavy atom. The van der Waals surface area contributed by atoms with E-state index < -0.39 is 0 Å². The number of carbonyl (C=O) groups excluding carboxylic acids is 1. The summed E-state index contributed by atoms with van der Waals surface area (Å²) in [6.45, 7) is 3.04. The number of hydrogen-bond donors (Lipinski definition) is 3. The lowest BCUT2D eigenvalue weighted by atomic mass is 9.64. The van der Waals surface area contributed by atoms with Crippen LogP contribution in [0.3, 0.4) is 0 Å². The van der Waals surface area contributed by atoms with E-state index in [2.05, 4.69) is 38.5 Å². The number of hydrazine groups is 1. The predicted octanol–water partition coefficient (Wildman–Crippen LogP) is 0.744. The molecule has 5 aliphatic rings. The number of fused-ring (bicyclic) bond motifs is 2. The van der Waals surface area contributed by atoms with E-state index in [1.165, 1.54) is 12.8 Å². The van der Waals surface area contributed by atoms with Gasteiger partial charge in [-0.2, -0.15) is 0 Å². The van der Waals surface area contributed by atoms with Crippen LogP contribution < -0.4 is 16.9 Å². The molecule has 0 bridgehead atoms. The first-order chi connectivity index (χ1) is 14.0. The minimum absolute atomic E-state index is 0.148. The van der Waals surface area contributed by atoms with Crippen molar-refractivity contribution in [3.8, 4) is 0 Å². The molecular weight excluding hydrogens is 364 g/mol. The normalized spacial score (nSPS) is 42.3. The van der Waals surface area contributed by atoms with Gasteiger partial charge in [0.1, 0.15) is 5.70 Å². The summed E-state index contributed by atoms with van der Waals surface area (Å²) >= 11 is 0. The zero-order valence-electron chi connectivity index (χ0n) is 17.6. The number of amides is 1. The standard InChI is InChI=1S/C22H36N6O/c1-26(17-8-6-16(23)7-9-17)25-19-10-11-20-18-5-3-13-27-12-2-4-15(22(18,27)24)14-28(20)21(19)29/h6,8,10,15-18,20,25H,2-5,7,9,11-14,23-24H2,1H3/t15-,16?,17?,18+,20?,22-/m0/s1. The third kappa shape index (κ3) is 3.14. The van der Waals surface area contributed by atoms with Gasteiger partial charge in [-0.25, -0.2) is 5.01 Å². The minimum Gasteiger partial charge on any atom is -0.333 e. The Balaban J connectivity index is 1.34. The van der Waals surface area contributed by atoms with Gasteiger partial charge in [-0.1, -0.05) is 18.2 Å². The van der Waals surface area contributed by atoms with E-state index in [0.29, 0.717) is 11.8 Å². The fraction of sp³-hybridized carbons (Fsp3) is 0.773. The van der Waals surface area contributed by atoms with Crippen LogP contribution in [0.2, 0.25) is 0 Å². The van der Waals surface area contributed by atoms with Crippen LogP contribution in [0.25, 0.3) is 0 Å². The highest BCUT2D eigenvalue weighted by molar-refractivity contribution is 5.94. The van der Waals surface area contributed by atoms with Gasteiger partial charge in [-0.15, -0.1) is 0 Å². The number of hydrogen-bond acceptors (Lipinski definition) is 6. The Morgan fingerprint density at radius 1 is 1.17 bits per heavy atom. The topological polar surface area (TPSA) is 90.9 Å². The maximum atomic E-state index is 13.4. The molecule has 3 fully saturated rings. The molecule has 5 rings (SSSR count). The van der Waals surface area contributed by atoms with E-state index in [4.69, 9.17) is 11.5 Å². The van der Waals surface area contributed by atoms with Crippen molar-refractivity contribution in [3.05, 3.63) is 23.9 Å². The van der Waals surface area contributed by atoms with Crippen molar-refractivity contribution in [1.82, 2.24) is 20.2 Å². The Labute approximate surface area is 174 Å². The van der Waals surface area contributed by atoms with E-state index in [0.717, 1.165) is 57.4 Å². The minimum atomic E-state index is -0.209. The summed E-state index contributed by atoms with van der Waals surface area (Å²) in [5.74, 6) is 0.925. The number of carbonyl (C=O) groups is 1. The second-order valence-electron chi connectivity index (χ2n) is 9.76. The Bertz CT molecular complexity index is 720. The summed E-state index contributed by atoms with van der Waals surface area (Å²) in [6, 6.07) is 0.670. The van der Waals surface area contributed by atoms with Crippen LogP contribution in [0.4, 0.5) is 0 Å². The van der Waals surface area contributed by atoms with Crippen molar-refractivity contribution in [1.29, 1.82) is 0 Å². The van der Waals surface area contributed by atoms with Gasteiger partial charge in [-0.05, 0) is 58.0 Å². The van der Waals surface area contributed by atoms with Crippen LogP contribution in [0.15, 0.2) is 23.9 Å². The molecule has 5 N–H and O–H groups in total. The molecule has 4 aliphatic heterocycles. The van der Waals surface area contributed by atoms with Crippen molar-refractivity contribution < 1.29 is 4.79 Å². The molecule has 4 heterocycles. The van der Waals surface area contributed by atoms with Crippen LogP contribution in [0, 0.1) is 11.8 Å². The van der Waals surface area contributed by atoms with Gasteiger partial charge in [0.15, 0.2) is 0 Å². The van der Waals surface area contributed by atoms with Gasteiger partial charge in [0.2, 0.25) is 0 Å². The average molecular weight is 401 g/mol. The van der Waals surface area contributed by atoms with Crippen LogP contribution in [-0.4, -0.2) is 71.2 Å². The van der Waals surface area contributed by atoms with Crippen molar-refractivity contribution in [2.45, 2.75) is 68.7 Å². The van der Waals surface area contributed by atoms with Gasteiger partial charge in [-0.3, -0.25) is 9.69 Å². The molecule has 7 nitrogen and oxygen atoms in total. The van der Waals surface area contributed by atoms with Gasteiger partial charge < -0.3 is 21.8 Å². The molecule has 7 heteroatoms. The molecule has 0 aromatic rings. The van der Waals surface area contributed by atoms with Crippen LogP contribution in [-0.2, 0) is 4.79 Å². The van der Waals surface area contributed by atoms with Gasteiger partial charge in [0, 0.05) is 43.6 Å². The van der Waals surface area contributed by atoms with E-state index in [1.54, 1.807) is 0 Å². The van der Waals surface area contributed by atoms with Crippen LogP contribution in [0.5, 0.6) is 0 Å². The molecule has 0 radical (unpaired) electrons. The summed E-state index contributed by atoms with van der Waals surface area (Å²) in [5, 5.41) is 2.06. The summed E-state index contributed by atoms with van der Waals surface area (Å²) in [4.78, 5) is 18.1. The lowest BCUT2D eigenvalue weighted by Crippen LogP contribution is -2.78. The second-order valence-corrected chi connectivity index (χ2v) is 9.76. The number of nitrogens with zero attached hydrogens (tertiary/aromatic N) is 3. The zero-order chi connectivity index (χ0) is 20.2. The smallest absolute Gasteiger partial charge is 0.271 e. The highest BCUT2D eigenvalue weighted by Crippen LogP contribution is 2.48. The fourth-order valence-electron chi connectivity index (χ4n) is 6.64. The van der Waals surface area contributed by atoms with E-state index in [1.807, 2.05) is 7.05 Å². The first-order valence-electron chi connectivity index (χ1n) is 11.5. The van der Waals surface area contributed by atoms with Crippen LogP contribution >= 0.6 is 0 Å². The molecule has 160 valence electrons. The van der Waals surface area contributed by atoms with E-state index >= 15 is 0 Å². The predicted molar refractivity (Wildman–Crippen MR) is 113 cm³/mol. The maximum absolute atomic E-state index is 13.4. The highest BCUT2D eigenvalue weighted by Gasteiger charge is 2.58. The Morgan fingerprint density at radius 2 is 1.97 bits per heavy atom. The number of nitrogens with one attached hydrogen (secondary N) is 1. The highest BCUT2D eigenvalue weighted by atomic mass is 16.2. The molecule has 6 atom stereocenters. The number of nitrogens with two attached hydrogens (primary N) is 2. The van der Waals surface area contributed by atoms with E-state index in [9.17, 15) is 4.79 Å². The van der Waals surface area contributed by atoms with Gasteiger partial charge in [0.05, 0.1) is 5.66 Å².